The van der Waals surface area contributed by atoms with Crippen LogP contribution in [0, 0.1) is 0 Å². The second-order valence-electron chi connectivity index (χ2n) is 3.87. The first-order valence-corrected chi connectivity index (χ1v) is 5.02. The molecule has 0 spiro atoms. The monoisotopic (exact) mass is 209 g/mol. The van der Waals surface area contributed by atoms with Crippen molar-refractivity contribution in [3.63, 3.8) is 0 Å². The molecule has 1 aromatic rings. The molecular formula is C11H15NO3. The fraction of sp³-hybridized carbons (Fsp3) is 0.455. The third-order valence-corrected chi connectivity index (χ3v) is 2.60. The smallest absolute Gasteiger partial charge is 0.120 e. The molecule has 3 N–H and O–H groups in total. The molecule has 1 atom stereocenters. The number of phenols is 2. The molecule has 0 bridgehead atoms. The fourth-order valence-corrected chi connectivity index (χ4v) is 1.66. The Morgan fingerprint density at radius 3 is 2.73 bits per heavy atom. The average Bonchev–Trinajstić information content (AvgIpc) is 2.15. The van der Waals surface area contributed by atoms with Gasteiger partial charge in [-0.05, 0) is 25.1 Å². The van der Waals surface area contributed by atoms with Crippen LogP contribution in [0.15, 0.2) is 18.2 Å². The Kier molecular flexibility index (Phi) is 2.79. The highest BCUT2D eigenvalue weighted by atomic mass is 16.5. The Morgan fingerprint density at radius 2 is 2.13 bits per heavy atom. The third kappa shape index (κ3) is 2.22. The van der Waals surface area contributed by atoms with E-state index in [4.69, 9.17) is 4.74 Å². The van der Waals surface area contributed by atoms with Gasteiger partial charge >= 0.3 is 0 Å². The Balaban J connectivity index is 2.09. The van der Waals surface area contributed by atoms with Crippen LogP contribution in [-0.4, -0.2) is 29.5 Å². The first kappa shape index (κ1) is 10.3. The van der Waals surface area contributed by atoms with Crippen molar-refractivity contribution in [1.82, 2.24) is 5.32 Å². The lowest BCUT2D eigenvalue weighted by Gasteiger charge is -2.30. The van der Waals surface area contributed by atoms with E-state index >= 15 is 0 Å². The Hall–Kier alpha value is -1.26. The van der Waals surface area contributed by atoms with Gasteiger partial charge < -0.3 is 20.3 Å². The molecule has 0 aromatic heterocycles. The van der Waals surface area contributed by atoms with Gasteiger partial charge in [0.1, 0.15) is 11.5 Å². The summed E-state index contributed by atoms with van der Waals surface area (Å²) in [4.78, 5) is 0. The van der Waals surface area contributed by atoms with Crippen molar-refractivity contribution in [1.29, 1.82) is 0 Å². The Bertz CT molecular complexity index is 350. The largest absolute Gasteiger partial charge is 0.508 e. The van der Waals surface area contributed by atoms with E-state index in [1.54, 1.807) is 6.07 Å². The summed E-state index contributed by atoms with van der Waals surface area (Å²) in [7, 11) is 0. The van der Waals surface area contributed by atoms with Gasteiger partial charge in [-0.25, -0.2) is 0 Å². The van der Waals surface area contributed by atoms with Gasteiger partial charge in [0, 0.05) is 11.6 Å². The molecule has 1 aliphatic rings. The molecule has 1 aromatic carbocycles. The summed E-state index contributed by atoms with van der Waals surface area (Å²) in [5, 5.41) is 22.3. The first-order valence-electron chi connectivity index (χ1n) is 5.02. The van der Waals surface area contributed by atoms with Crippen LogP contribution in [0.4, 0.5) is 0 Å². The van der Waals surface area contributed by atoms with E-state index in [0.29, 0.717) is 24.8 Å². The van der Waals surface area contributed by atoms with Crippen molar-refractivity contribution in [3.8, 4) is 11.5 Å². The number of hydrogen-bond donors (Lipinski definition) is 3. The maximum atomic E-state index is 9.63. The fourth-order valence-electron chi connectivity index (χ4n) is 1.66. The van der Waals surface area contributed by atoms with Crippen molar-refractivity contribution in [2.75, 3.05) is 13.2 Å². The van der Waals surface area contributed by atoms with Gasteiger partial charge in [-0.1, -0.05) is 0 Å². The molecule has 0 aliphatic carbocycles. The summed E-state index contributed by atoms with van der Waals surface area (Å²) in [5.41, 5.74) is 0.710. The Labute approximate surface area is 88.5 Å². The topological polar surface area (TPSA) is 61.7 Å². The predicted molar refractivity (Wildman–Crippen MR) is 55.9 cm³/mol. The van der Waals surface area contributed by atoms with Gasteiger partial charge in [0.2, 0.25) is 0 Å². The second kappa shape index (κ2) is 4.08. The van der Waals surface area contributed by atoms with Crippen LogP contribution < -0.4 is 5.32 Å². The number of aromatic hydroxyl groups is 2. The number of nitrogens with one attached hydrogen (secondary N) is 1. The van der Waals surface area contributed by atoms with E-state index in [0.717, 1.165) is 0 Å². The molecule has 1 aliphatic heterocycles. The van der Waals surface area contributed by atoms with Crippen molar-refractivity contribution in [3.05, 3.63) is 23.8 Å². The van der Waals surface area contributed by atoms with Crippen LogP contribution in [0.3, 0.4) is 0 Å². The SMILES string of the molecule is CC(NC1COC1)c1cc(O)ccc1O. The van der Waals surface area contributed by atoms with Crippen LogP contribution in [-0.2, 0) is 4.74 Å². The predicted octanol–water partition coefficient (Wildman–Crippen LogP) is 1.15. The van der Waals surface area contributed by atoms with Crippen LogP contribution in [0.5, 0.6) is 11.5 Å². The summed E-state index contributed by atoms with van der Waals surface area (Å²) in [5.74, 6) is 0.370. The molecule has 15 heavy (non-hydrogen) atoms. The lowest BCUT2D eigenvalue weighted by molar-refractivity contribution is -0.00935. The maximum absolute atomic E-state index is 9.63. The van der Waals surface area contributed by atoms with E-state index in [1.807, 2.05) is 6.92 Å². The molecule has 1 saturated heterocycles. The summed E-state index contributed by atoms with van der Waals surface area (Å²) < 4.78 is 5.05. The van der Waals surface area contributed by atoms with Gasteiger partial charge in [0.05, 0.1) is 19.3 Å². The van der Waals surface area contributed by atoms with Crippen LogP contribution >= 0.6 is 0 Å². The van der Waals surface area contributed by atoms with E-state index in [1.165, 1.54) is 12.1 Å². The highest BCUT2D eigenvalue weighted by Gasteiger charge is 2.21. The van der Waals surface area contributed by atoms with Crippen LogP contribution in [0.2, 0.25) is 0 Å². The third-order valence-electron chi connectivity index (χ3n) is 2.60. The maximum Gasteiger partial charge on any atom is 0.120 e. The number of phenolic OH excluding ortho intramolecular Hbond substituents is 2. The second-order valence-corrected chi connectivity index (χ2v) is 3.87. The first-order chi connectivity index (χ1) is 7.16. The molecule has 4 nitrogen and oxygen atoms in total. The molecule has 4 heteroatoms. The number of rotatable bonds is 3. The summed E-state index contributed by atoms with van der Waals surface area (Å²) >= 11 is 0. The van der Waals surface area contributed by atoms with Crippen molar-refractivity contribution in [2.45, 2.75) is 19.0 Å². The van der Waals surface area contributed by atoms with Gasteiger partial charge in [-0.15, -0.1) is 0 Å². The molecule has 1 heterocycles. The summed E-state index contributed by atoms with van der Waals surface area (Å²) in [6.07, 6.45) is 0. The van der Waals surface area contributed by atoms with E-state index in [2.05, 4.69) is 5.32 Å². The number of ether oxygens (including phenoxy) is 1. The quantitative estimate of drug-likeness (QED) is 0.653. The highest BCUT2D eigenvalue weighted by Crippen LogP contribution is 2.28. The summed E-state index contributed by atoms with van der Waals surface area (Å²) in [6.45, 7) is 3.38. The van der Waals surface area contributed by atoms with E-state index in [-0.39, 0.29) is 17.5 Å². The molecule has 0 radical (unpaired) electrons. The number of benzene rings is 1. The van der Waals surface area contributed by atoms with Gasteiger partial charge in [-0.2, -0.15) is 0 Å². The summed E-state index contributed by atoms with van der Waals surface area (Å²) in [6, 6.07) is 4.90. The minimum absolute atomic E-state index is 0.00556. The molecule has 0 saturated carbocycles. The molecule has 0 amide bonds. The van der Waals surface area contributed by atoms with Crippen LogP contribution in [0.1, 0.15) is 18.5 Å². The zero-order valence-corrected chi connectivity index (χ0v) is 8.60. The Morgan fingerprint density at radius 1 is 1.40 bits per heavy atom. The minimum atomic E-state index is 0.00556. The molecule has 1 unspecified atom stereocenters. The molecule has 1 fully saturated rings. The van der Waals surface area contributed by atoms with Gasteiger partial charge in [0.25, 0.3) is 0 Å². The van der Waals surface area contributed by atoms with Gasteiger partial charge in [-0.3, -0.25) is 0 Å². The van der Waals surface area contributed by atoms with E-state index < -0.39 is 0 Å². The van der Waals surface area contributed by atoms with Crippen molar-refractivity contribution >= 4 is 0 Å². The highest BCUT2D eigenvalue weighted by molar-refractivity contribution is 5.40. The van der Waals surface area contributed by atoms with Crippen LogP contribution in [0.25, 0.3) is 0 Å². The lowest BCUT2D eigenvalue weighted by atomic mass is 10.1. The zero-order chi connectivity index (χ0) is 10.8. The van der Waals surface area contributed by atoms with Crippen molar-refractivity contribution in [2.24, 2.45) is 0 Å². The average molecular weight is 209 g/mol. The zero-order valence-electron chi connectivity index (χ0n) is 8.60. The van der Waals surface area contributed by atoms with E-state index in [9.17, 15) is 10.2 Å². The standard InChI is InChI=1S/C11H15NO3/c1-7(12-8-5-15-6-8)10-4-9(13)2-3-11(10)14/h2-4,7-8,12-14H,5-6H2,1H3. The lowest BCUT2D eigenvalue weighted by Crippen LogP contribution is -2.46. The number of hydrogen-bond acceptors (Lipinski definition) is 4. The normalized spacial score (nSPS) is 18.5. The van der Waals surface area contributed by atoms with Crippen molar-refractivity contribution < 1.29 is 14.9 Å². The molecule has 82 valence electrons. The van der Waals surface area contributed by atoms with Gasteiger partial charge in [0.15, 0.2) is 0 Å². The minimum Gasteiger partial charge on any atom is -0.508 e. The molecular weight excluding hydrogens is 194 g/mol. The molecule has 2 rings (SSSR count).